The van der Waals surface area contributed by atoms with Crippen molar-refractivity contribution >= 4 is 32.3 Å². The molecular weight excluding hydrogens is 487 g/mol. The van der Waals surface area contributed by atoms with E-state index in [0.717, 1.165) is 11.3 Å². The zero-order chi connectivity index (χ0) is 25.8. The quantitative estimate of drug-likeness (QED) is 0.257. The van der Waals surface area contributed by atoms with Crippen molar-refractivity contribution in [3.63, 3.8) is 0 Å². The van der Waals surface area contributed by atoms with E-state index in [9.17, 15) is 17.6 Å². The summed E-state index contributed by atoms with van der Waals surface area (Å²) in [5.74, 6) is -0.854. The number of aromatic nitrogens is 1. The fourth-order valence-corrected chi connectivity index (χ4v) is 5.98. The van der Waals surface area contributed by atoms with E-state index in [1.54, 1.807) is 21.6 Å². The molecule has 0 aliphatic carbocycles. The highest BCUT2D eigenvalue weighted by Crippen LogP contribution is 2.29. The third-order valence-corrected chi connectivity index (χ3v) is 7.92. The maximum atomic E-state index is 13.7. The number of carbonyl (C=O) groups excluding carboxylic acids is 1. The van der Waals surface area contributed by atoms with Crippen molar-refractivity contribution in [2.24, 2.45) is 0 Å². The molecule has 5 rings (SSSR count). The molecule has 5 aromatic rings. The zero-order valence-electron chi connectivity index (χ0n) is 20.0. The van der Waals surface area contributed by atoms with Crippen molar-refractivity contribution in [2.45, 2.75) is 23.7 Å². The first-order valence-electron chi connectivity index (χ1n) is 11.9. The van der Waals surface area contributed by atoms with Gasteiger partial charge in [0.05, 0.1) is 17.2 Å². The van der Waals surface area contributed by atoms with Gasteiger partial charge in [-0.25, -0.2) is 12.8 Å². The summed E-state index contributed by atoms with van der Waals surface area (Å²) < 4.78 is 41.8. The second kappa shape index (κ2) is 10.4. The molecule has 1 amide bonds. The third-order valence-electron chi connectivity index (χ3n) is 6.22. The number of sulfone groups is 1. The highest BCUT2D eigenvalue weighted by atomic mass is 32.2. The Bertz CT molecular complexity index is 1630. The molecule has 37 heavy (non-hydrogen) atoms. The molecule has 0 bridgehead atoms. The number of amides is 1. The number of halogens is 1. The summed E-state index contributed by atoms with van der Waals surface area (Å²) in [6.07, 6.45) is 1.53. The van der Waals surface area contributed by atoms with Crippen LogP contribution >= 0.6 is 0 Å². The average Bonchev–Trinajstić information content (AvgIpc) is 3.29. The van der Waals surface area contributed by atoms with Crippen molar-refractivity contribution in [1.29, 1.82) is 0 Å². The van der Waals surface area contributed by atoms with Gasteiger partial charge < -0.3 is 9.47 Å². The number of nitrogens with zero attached hydrogens (tertiary/aromatic N) is 2. The topological polar surface area (TPSA) is 59.4 Å². The predicted octanol–water partition coefficient (Wildman–Crippen LogP) is 5.99. The zero-order valence-corrected chi connectivity index (χ0v) is 20.8. The Kier molecular flexibility index (Phi) is 6.88. The second-order valence-corrected chi connectivity index (χ2v) is 10.8. The summed E-state index contributed by atoms with van der Waals surface area (Å²) in [5.41, 5.74) is 2.89. The van der Waals surface area contributed by atoms with Crippen LogP contribution in [0.4, 0.5) is 10.1 Å². The number of rotatable bonds is 8. The highest BCUT2D eigenvalue weighted by Gasteiger charge is 2.24. The van der Waals surface area contributed by atoms with Gasteiger partial charge in [0.1, 0.15) is 12.4 Å². The first-order chi connectivity index (χ1) is 17.9. The number of fused-ring (bicyclic) bond motifs is 1. The lowest BCUT2D eigenvalue weighted by Crippen LogP contribution is -2.33. The van der Waals surface area contributed by atoms with E-state index in [2.05, 4.69) is 0 Å². The van der Waals surface area contributed by atoms with Crippen LogP contribution in [0, 0.1) is 5.82 Å². The first-order valence-corrected chi connectivity index (χ1v) is 13.5. The van der Waals surface area contributed by atoms with Gasteiger partial charge in [-0.1, -0.05) is 78.9 Å². The number of anilines is 1. The van der Waals surface area contributed by atoms with E-state index in [0.29, 0.717) is 23.0 Å². The normalized spacial score (nSPS) is 11.5. The minimum atomic E-state index is -3.76. The predicted molar refractivity (Wildman–Crippen MR) is 143 cm³/mol. The Balaban J connectivity index is 1.49. The molecule has 1 aromatic heterocycles. The monoisotopic (exact) mass is 512 g/mol. The summed E-state index contributed by atoms with van der Waals surface area (Å²) in [4.78, 5) is 15.5. The molecule has 0 spiro atoms. The molecule has 0 fully saturated rings. The molecule has 0 saturated heterocycles. The summed E-state index contributed by atoms with van der Waals surface area (Å²) in [6.45, 7) is 0.354. The van der Waals surface area contributed by atoms with Gasteiger partial charge in [0, 0.05) is 22.8 Å². The molecule has 0 N–H and O–H groups in total. The van der Waals surface area contributed by atoms with Crippen LogP contribution in [0.3, 0.4) is 0 Å². The Morgan fingerprint density at radius 2 is 1.38 bits per heavy atom. The van der Waals surface area contributed by atoms with Crippen LogP contribution in [-0.4, -0.2) is 18.9 Å². The van der Waals surface area contributed by atoms with Crippen LogP contribution in [0.5, 0.6) is 0 Å². The van der Waals surface area contributed by atoms with Gasteiger partial charge in [0.15, 0.2) is 9.84 Å². The number of benzene rings is 4. The number of para-hydroxylation sites is 2. The summed E-state index contributed by atoms with van der Waals surface area (Å²) in [5, 5.41) is 0.548. The molecule has 0 unspecified atom stereocenters. The third kappa shape index (κ3) is 5.47. The Hall–Kier alpha value is -4.23. The second-order valence-electron chi connectivity index (χ2n) is 8.82. The van der Waals surface area contributed by atoms with E-state index in [1.165, 1.54) is 30.5 Å². The van der Waals surface area contributed by atoms with Crippen molar-refractivity contribution in [2.75, 3.05) is 4.90 Å². The molecule has 186 valence electrons. The summed E-state index contributed by atoms with van der Waals surface area (Å²) in [7, 11) is -3.76. The molecule has 4 aromatic carbocycles. The lowest BCUT2D eigenvalue weighted by molar-refractivity contribution is -0.119. The first kappa shape index (κ1) is 24.5. The Morgan fingerprint density at radius 1 is 0.757 bits per heavy atom. The summed E-state index contributed by atoms with van der Waals surface area (Å²) in [6, 6.07) is 31.7. The smallest absolute Gasteiger partial charge is 0.247 e. The van der Waals surface area contributed by atoms with Crippen molar-refractivity contribution in [3.8, 4) is 0 Å². The van der Waals surface area contributed by atoms with Gasteiger partial charge in [-0.2, -0.15) is 0 Å². The van der Waals surface area contributed by atoms with Crippen LogP contribution in [0.2, 0.25) is 0 Å². The SMILES string of the molecule is O=C(Cn1cc(S(=O)(=O)Cc2ccc(F)cc2)c2ccccc21)N(Cc1ccccc1)c1ccccc1. The molecule has 1 heterocycles. The van der Waals surface area contributed by atoms with E-state index in [4.69, 9.17) is 0 Å². The van der Waals surface area contributed by atoms with E-state index < -0.39 is 15.7 Å². The van der Waals surface area contributed by atoms with Crippen molar-refractivity contribution < 1.29 is 17.6 Å². The van der Waals surface area contributed by atoms with Gasteiger partial charge in [-0.3, -0.25) is 4.79 Å². The van der Waals surface area contributed by atoms with Gasteiger partial charge in [-0.15, -0.1) is 0 Å². The van der Waals surface area contributed by atoms with Crippen LogP contribution < -0.4 is 4.90 Å². The van der Waals surface area contributed by atoms with Crippen LogP contribution in [0.15, 0.2) is 120 Å². The van der Waals surface area contributed by atoms with Crippen molar-refractivity contribution in [3.05, 3.63) is 132 Å². The molecule has 0 saturated carbocycles. The fourth-order valence-electron chi connectivity index (χ4n) is 4.40. The van der Waals surface area contributed by atoms with Gasteiger partial charge in [0.2, 0.25) is 5.91 Å². The molecular formula is C30H25FN2O3S. The van der Waals surface area contributed by atoms with Crippen LogP contribution in [0.1, 0.15) is 11.1 Å². The molecule has 0 aliphatic heterocycles. The molecule has 0 atom stereocenters. The maximum Gasteiger partial charge on any atom is 0.247 e. The van der Waals surface area contributed by atoms with Crippen LogP contribution in [0.25, 0.3) is 10.9 Å². The maximum absolute atomic E-state index is 13.7. The van der Waals surface area contributed by atoms with E-state index in [1.807, 2.05) is 72.8 Å². The number of hydrogen-bond acceptors (Lipinski definition) is 3. The van der Waals surface area contributed by atoms with Gasteiger partial charge >= 0.3 is 0 Å². The molecule has 7 heteroatoms. The van der Waals surface area contributed by atoms with Gasteiger partial charge in [-0.05, 0) is 41.5 Å². The molecule has 0 aliphatic rings. The molecule has 0 radical (unpaired) electrons. The Labute approximate surface area is 215 Å². The number of hydrogen-bond donors (Lipinski definition) is 0. The van der Waals surface area contributed by atoms with Crippen LogP contribution in [-0.2, 0) is 33.5 Å². The van der Waals surface area contributed by atoms with E-state index >= 15 is 0 Å². The lowest BCUT2D eigenvalue weighted by Gasteiger charge is -2.23. The largest absolute Gasteiger partial charge is 0.337 e. The minimum absolute atomic E-state index is 0.0334. The minimum Gasteiger partial charge on any atom is -0.337 e. The fraction of sp³-hybridized carbons (Fsp3) is 0.100. The van der Waals surface area contributed by atoms with Gasteiger partial charge in [0.25, 0.3) is 0 Å². The summed E-state index contributed by atoms with van der Waals surface area (Å²) >= 11 is 0. The number of carbonyl (C=O) groups is 1. The lowest BCUT2D eigenvalue weighted by atomic mass is 10.2. The molecule has 5 nitrogen and oxygen atoms in total. The Morgan fingerprint density at radius 3 is 2.08 bits per heavy atom. The standard InChI is InChI=1S/C30H25FN2O3S/c31-25-17-15-24(16-18-25)22-37(35,36)29-20-32(28-14-8-7-13-27(28)29)21-30(34)33(26-11-5-2-6-12-26)19-23-9-3-1-4-10-23/h1-18,20H,19,21-22H2. The highest BCUT2D eigenvalue weighted by molar-refractivity contribution is 7.90. The average molecular weight is 513 g/mol. The van der Waals surface area contributed by atoms with Crippen molar-refractivity contribution in [1.82, 2.24) is 4.57 Å². The van der Waals surface area contributed by atoms with E-state index in [-0.39, 0.29) is 23.1 Å².